The fourth-order valence-electron chi connectivity index (χ4n) is 3.92. The van der Waals surface area contributed by atoms with Crippen molar-refractivity contribution in [2.45, 2.75) is 26.4 Å². The Morgan fingerprint density at radius 3 is 2.32 bits per heavy atom. The first-order chi connectivity index (χ1) is 18.2. The van der Waals surface area contributed by atoms with E-state index in [2.05, 4.69) is 9.69 Å². The maximum Gasteiger partial charge on any atom is 0.412 e. The van der Waals surface area contributed by atoms with Crippen LogP contribution >= 0.6 is 34.2 Å². The predicted octanol–water partition coefficient (Wildman–Crippen LogP) is 8.28. The first-order valence-electron chi connectivity index (χ1n) is 11.4. The lowest BCUT2D eigenvalue weighted by atomic mass is 10.1. The van der Waals surface area contributed by atoms with Gasteiger partial charge in [-0.25, -0.2) is 13.6 Å². The third kappa shape index (κ3) is 5.31. The van der Waals surface area contributed by atoms with Crippen LogP contribution in [0.1, 0.15) is 29.8 Å². The number of carbonyl (C=O) groups is 2. The second-order valence-corrected chi connectivity index (χ2v) is 11.4. The van der Waals surface area contributed by atoms with Crippen LogP contribution in [-0.4, -0.2) is 21.5 Å². The van der Waals surface area contributed by atoms with Gasteiger partial charge in [0.1, 0.15) is 17.7 Å². The summed E-state index contributed by atoms with van der Waals surface area (Å²) in [5, 5.41) is 11.7. The Labute approximate surface area is 228 Å². The second-order valence-electron chi connectivity index (χ2n) is 8.49. The van der Waals surface area contributed by atoms with Crippen molar-refractivity contribution in [3.63, 3.8) is 0 Å². The van der Waals surface area contributed by atoms with Crippen molar-refractivity contribution >= 4 is 61.4 Å². The molecule has 1 amide bonds. The van der Waals surface area contributed by atoms with Crippen LogP contribution < -0.4 is 5.32 Å². The van der Waals surface area contributed by atoms with Crippen molar-refractivity contribution in [1.82, 2.24) is 4.37 Å². The van der Waals surface area contributed by atoms with Crippen LogP contribution in [0.3, 0.4) is 0 Å². The van der Waals surface area contributed by atoms with Gasteiger partial charge in [-0.2, -0.15) is 4.37 Å². The van der Waals surface area contributed by atoms with Crippen LogP contribution in [0.4, 0.5) is 19.3 Å². The van der Waals surface area contributed by atoms with E-state index in [1.807, 2.05) is 42.5 Å². The van der Waals surface area contributed by atoms with E-state index in [1.165, 1.54) is 34.2 Å². The number of ether oxygens (including phenoxy) is 1. The Morgan fingerprint density at radius 1 is 1.03 bits per heavy atom. The van der Waals surface area contributed by atoms with Gasteiger partial charge in [-0.3, -0.25) is 10.1 Å². The van der Waals surface area contributed by atoms with Crippen LogP contribution in [0.25, 0.3) is 29.6 Å². The largest absolute Gasteiger partial charge is 0.481 e. The highest BCUT2D eigenvalue weighted by molar-refractivity contribution is 7.32. The van der Waals surface area contributed by atoms with Gasteiger partial charge in [-0.1, -0.05) is 30.3 Å². The van der Waals surface area contributed by atoms with Crippen molar-refractivity contribution in [3.05, 3.63) is 83.1 Å². The molecule has 0 radical (unpaired) electrons. The minimum absolute atomic E-state index is 0.343. The van der Waals surface area contributed by atoms with Gasteiger partial charge in [0.2, 0.25) is 0 Å². The molecule has 0 aliphatic carbocycles. The predicted molar refractivity (Wildman–Crippen MR) is 147 cm³/mol. The summed E-state index contributed by atoms with van der Waals surface area (Å²) in [6.07, 6.45) is -1.73. The molecule has 1 atom stereocenters. The highest BCUT2D eigenvalue weighted by Crippen LogP contribution is 2.45. The minimum atomic E-state index is -1.30. The number of rotatable bonds is 7. The lowest BCUT2D eigenvalue weighted by molar-refractivity contribution is -0.136. The molecule has 0 fully saturated rings. The fourth-order valence-corrected chi connectivity index (χ4v) is 7.25. The molecule has 0 saturated carbocycles. The van der Waals surface area contributed by atoms with Gasteiger partial charge < -0.3 is 9.84 Å². The van der Waals surface area contributed by atoms with Crippen molar-refractivity contribution in [2.75, 3.05) is 5.32 Å². The number of carboxylic acid groups (broad SMARTS) is 1. The third-order valence-electron chi connectivity index (χ3n) is 5.83. The number of benzene rings is 2. The zero-order valence-electron chi connectivity index (χ0n) is 20.1. The number of halogens is 2. The molecule has 11 heteroatoms. The Morgan fingerprint density at radius 2 is 1.66 bits per heavy atom. The van der Waals surface area contributed by atoms with E-state index in [9.17, 15) is 18.4 Å². The van der Waals surface area contributed by atoms with E-state index < -0.39 is 41.8 Å². The van der Waals surface area contributed by atoms with Gasteiger partial charge in [0.05, 0.1) is 27.6 Å². The molecule has 6 nitrogen and oxygen atoms in total. The molecule has 3 aromatic heterocycles. The monoisotopic (exact) mass is 570 g/mol. The molecule has 2 aromatic carbocycles. The first-order valence-corrected chi connectivity index (χ1v) is 13.8. The lowest BCUT2D eigenvalue weighted by Crippen LogP contribution is -2.16. The van der Waals surface area contributed by atoms with E-state index >= 15 is 0 Å². The summed E-state index contributed by atoms with van der Waals surface area (Å²) in [5.41, 5.74) is 2.01. The second kappa shape index (κ2) is 10.6. The average molecular weight is 571 g/mol. The first kappa shape index (κ1) is 26.0. The summed E-state index contributed by atoms with van der Waals surface area (Å²) in [5.74, 6) is -3.07. The third-order valence-corrected chi connectivity index (χ3v) is 9.29. The molecule has 0 saturated heterocycles. The topological polar surface area (TPSA) is 88.5 Å². The molecule has 0 spiro atoms. The Balaban J connectivity index is 1.37. The molecule has 5 aromatic rings. The Bertz CT molecular complexity index is 1610. The number of anilines is 1. The highest BCUT2D eigenvalue weighted by Gasteiger charge is 2.21. The Kier molecular flexibility index (Phi) is 7.24. The molecule has 0 bridgehead atoms. The molecule has 5 rings (SSSR count). The van der Waals surface area contributed by atoms with E-state index in [1.54, 1.807) is 13.8 Å². The smallest absolute Gasteiger partial charge is 0.412 e. The molecule has 2 N–H and O–H groups in total. The summed E-state index contributed by atoms with van der Waals surface area (Å²) in [4.78, 5) is 25.9. The average Bonchev–Trinajstić information content (AvgIpc) is 3.55. The summed E-state index contributed by atoms with van der Waals surface area (Å²) < 4.78 is 40.6. The normalized spacial score (nSPS) is 12.0. The maximum absolute atomic E-state index is 14.4. The summed E-state index contributed by atoms with van der Waals surface area (Å²) in [6, 6.07) is 15.6. The molecule has 0 unspecified atom stereocenters. The molecule has 3 heterocycles. The SMILES string of the molecule is Cc1nsc(-c2cc3sc(-c4cc(F)c(CC(=O)O)c(F)c4)cc3s2)c1NC(=O)O[C@H](C)c1ccccc1. The summed E-state index contributed by atoms with van der Waals surface area (Å²) in [7, 11) is 0. The number of nitrogens with one attached hydrogen (secondary N) is 1. The standard InChI is InChI=1S/C27H20F2N2O4S3/c1-13-25(30-27(34)35-14(2)15-6-4-3-5-7-15)26(38-31-13)23-12-22-21(37-23)11-20(36-22)16-8-18(28)17(10-24(32)33)19(29)9-16/h3-9,11-12,14H,10H2,1-2H3,(H,30,34)(H,32,33)/t14-/m1/s1. The molecular formula is C27H20F2N2O4S3. The van der Waals surface area contributed by atoms with Gasteiger partial charge in [0.15, 0.2) is 0 Å². The van der Waals surface area contributed by atoms with E-state index in [4.69, 9.17) is 9.84 Å². The number of hydrogen-bond donors (Lipinski definition) is 2. The molecule has 0 aliphatic heterocycles. The lowest BCUT2D eigenvalue weighted by Gasteiger charge is -2.14. The number of aliphatic carboxylic acids is 1. The van der Waals surface area contributed by atoms with Crippen LogP contribution in [0.2, 0.25) is 0 Å². The van der Waals surface area contributed by atoms with Gasteiger partial charge in [0, 0.05) is 19.8 Å². The van der Waals surface area contributed by atoms with Crippen molar-refractivity contribution in [2.24, 2.45) is 0 Å². The number of thiophene rings is 2. The minimum Gasteiger partial charge on any atom is -0.481 e. The zero-order valence-corrected chi connectivity index (χ0v) is 22.5. The quantitative estimate of drug-likeness (QED) is 0.206. The van der Waals surface area contributed by atoms with Crippen molar-refractivity contribution < 1.29 is 28.2 Å². The number of amides is 1. The summed E-state index contributed by atoms with van der Waals surface area (Å²) in [6.45, 7) is 3.61. The number of carbonyl (C=O) groups excluding carboxylic acids is 1. The van der Waals surface area contributed by atoms with Crippen LogP contribution in [0.5, 0.6) is 0 Å². The molecule has 38 heavy (non-hydrogen) atoms. The fraction of sp³-hybridized carbons (Fsp3) is 0.148. The number of aromatic nitrogens is 1. The number of aryl methyl sites for hydroxylation is 1. The van der Waals surface area contributed by atoms with E-state index in [0.29, 0.717) is 21.8 Å². The van der Waals surface area contributed by atoms with Gasteiger partial charge in [0.25, 0.3) is 0 Å². The van der Waals surface area contributed by atoms with E-state index in [0.717, 1.165) is 36.9 Å². The van der Waals surface area contributed by atoms with Crippen LogP contribution in [-0.2, 0) is 16.0 Å². The zero-order chi connectivity index (χ0) is 27.0. The van der Waals surface area contributed by atoms with E-state index in [-0.39, 0.29) is 0 Å². The van der Waals surface area contributed by atoms with Gasteiger partial charge >= 0.3 is 12.1 Å². The van der Waals surface area contributed by atoms with Gasteiger partial charge in [-0.15, -0.1) is 22.7 Å². The van der Waals surface area contributed by atoms with Crippen molar-refractivity contribution in [1.29, 1.82) is 0 Å². The van der Waals surface area contributed by atoms with Gasteiger partial charge in [-0.05, 0) is 60.8 Å². The summed E-state index contributed by atoms with van der Waals surface area (Å²) >= 11 is 4.11. The number of carboxylic acids is 1. The Hall–Kier alpha value is -3.67. The number of nitrogens with zero attached hydrogens (tertiary/aromatic N) is 1. The van der Waals surface area contributed by atoms with Crippen LogP contribution in [0, 0.1) is 18.6 Å². The van der Waals surface area contributed by atoms with Crippen LogP contribution in [0.15, 0.2) is 54.6 Å². The molecule has 0 aliphatic rings. The maximum atomic E-state index is 14.4. The number of fused-ring (bicyclic) bond motifs is 1. The molecular weight excluding hydrogens is 551 g/mol. The molecule has 194 valence electrons. The van der Waals surface area contributed by atoms with Crippen molar-refractivity contribution in [3.8, 4) is 20.2 Å². The number of hydrogen-bond acceptors (Lipinski definition) is 7. The highest BCUT2D eigenvalue weighted by atomic mass is 32.1.